The molecule has 162 valence electrons. The van der Waals surface area contributed by atoms with Gasteiger partial charge in [-0.05, 0) is 85.8 Å². The summed E-state index contributed by atoms with van der Waals surface area (Å²) in [5.41, 5.74) is 6.93. The number of carbonyl (C=O) groups is 1. The fourth-order valence-corrected chi connectivity index (χ4v) is 4.15. The fraction of sp³-hybridized carbons (Fsp3) is 0.240. The smallest absolute Gasteiger partial charge is 0.255 e. The van der Waals surface area contributed by atoms with Crippen LogP contribution in [0.15, 0.2) is 60.7 Å². The van der Waals surface area contributed by atoms with Gasteiger partial charge in [0.15, 0.2) is 0 Å². The molecule has 0 spiro atoms. The molecule has 31 heavy (non-hydrogen) atoms. The Morgan fingerprint density at radius 2 is 1.48 bits per heavy atom. The van der Waals surface area contributed by atoms with E-state index in [1.165, 1.54) is 10.6 Å². The van der Waals surface area contributed by atoms with Crippen LogP contribution in [0.1, 0.15) is 38.2 Å². The molecule has 3 aromatic carbocycles. The van der Waals surface area contributed by atoms with Crippen LogP contribution in [0.2, 0.25) is 0 Å². The van der Waals surface area contributed by atoms with Crippen molar-refractivity contribution in [1.82, 2.24) is 0 Å². The van der Waals surface area contributed by atoms with Crippen molar-refractivity contribution >= 4 is 27.3 Å². The Kier molecular flexibility index (Phi) is 6.51. The maximum absolute atomic E-state index is 12.6. The highest BCUT2D eigenvalue weighted by Gasteiger charge is 2.19. The average molecular weight is 437 g/mol. The van der Waals surface area contributed by atoms with Crippen molar-refractivity contribution < 1.29 is 13.2 Å². The van der Waals surface area contributed by atoms with E-state index in [0.29, 0.717) is 11.3 Å². The van der Waals surface area contributed by atoms with Gasteiger partial charge in [0, 0.05) is 11.3 Å². The monoisotopic (exact) mass is 436 g/mol. The van der Waals surface area contributed by atoms with Crippen molar-refractivity contribution in [3.63, 3.8) is 0 Å². The van der Waals surface area contributed by atoms with Crippen LogP contribution in [0.25, 0.3) is 0 Å². The largest absolute Gasteiger partial charge is 0.322 e. The molecule has 0 saturated carbocycles. The lowest BCUT2D eigenvalue weighted by atomic mass is 10.1. The van der Waals surface area contributed by atoms with E-state index < -0.39 is 10.0 Å². The Hall–Kier alpha value is -3.12. The molecular weight excluding hydrogens is 408 g/mol. The van der Waals surface area contributed by atoms with Crippen LogP contribution in [0.4, 0.5) is 11.4 Å². The van der Waals surface area contributed by atoms with Crippen molar-refractivity contribution in [2.24, 2.45) is 0 Å². The first-order chi connectivity index (χ1) is 14.5. The highest BCUT2D eigenvalue weighted by Crippen LogP contribution is 2.24. The number of hydrogen-bond acceptors (Lipinski definition) is 3. The number of nitrogens with zero attached hydrogens (tertiary/aromatic N) is 1. The van der Waals surface area contributed by atoms with Crippen LogP contribution in [0, 0.1) is 27.7 Å². The standard InChI is InChI=1S/C25H28N2O3S/c1-17-6-7-19(3)24(14-17)26-25(28)22-11-9-21(10-12-22)16-27(31(5,29)30)23-13-8-18(2)20(4)15-23/h6-15H,16H2,1-5H3,(H,26,28). The first-order valence-electron chi connectivity index (χ1n) is 10.1. The van der Waals surface area contributed by atoms with Crippen molar-refractivity contribution in [2.45, 2.75) is 34.2 Å². The predicted octanol–water partition coefficient (Wildman–Crippen LogP) is 5.14. The Morgan fingerprint density at radius 1 is 0.839 bits per heavy atom. The van der Waals surface area contributed by atoms with Crippen molar-refractivity contribution in [3.8, 4) is 0 Å². The number of hydrogen-bond donors (Lipinski definition) is 1. The first-order valence-corrected chi connectivity index (χ1v) is 11.9. The minimum atomic E-state index is -3.47. The lowest BCUT2D eigenvalue weighted by Gasteiger charge is -2.23. The molecule has 0 atom stereocenters. The van der Waals surface area contributed by atoms with Gasteiger partial charge in [0.25, 0.3) is 5.91 Å². The Labute approximate surface area is 184 Å². The van der Waals surface area contributed by atoms with Gasteiger partial charge in [0.05, 0.1) is 18.5 Å². The molecule has 1 amide bonds. The number of amides is 1. The number of carbonyl (C=O) groups excluding carboxylic acids is 1. The molecule has 0 saturated heterocycles. The minimum absolute atomic E-state index is 0.195. The number of aryl methyl sites for hydroxylation is 4. The lowest BCUT2D eigenvalue weighted by molar-refractivity contribution is 0.102. The van der Waals surface area contributed by atoms with E-state index in [-0.39, 0.29) is 12.5 Å². The van der Waals surface area contributed by atoms with Gasteiger partial charge in [-0.1, -0.05) is 30.3 Å². The van der Waals surface area contributed by atoms with E-state index >= 15 is 0 Å². The lowest BCUT2D eigenvalue weighted by Crippen LogP contribution is -2.29. The summed E-state index contributed by atoms with van der Waals surface area (Å²) >= 11 is 0. The van der Waals surface area contributed by atoms with Crippen molar-refractivity contribution in [1.29, 1.82) is 0 Å². The van der Waals surface area contributed by atoms with Crippen LogP contribution >= 0.6 is 0 Å². The van der Waals surface area contributed by atoms with Crippen LogP contribution in [0.3, 0.4) is 0 Å². The SMILES string of the molecule is Cc1ccc(C)c(NC(=O)c2ccc(CN(c3ccc(C)c(C)c3)S(C)(=O)=O)cc2)c1. The van der Waals surface area contributed by atoms with Crippen LogP contribution in [-0.4, -0.2) is 20.6 Å². The molecule has 0 aliphatic rings. The maximum atomic E-state index is 12.6. The molecule has 3 aromatic rings. The van der Waals surface area contributed by atoms with Crippen molar-refractivity contribution in [3.05, 3.63) is 94.0 Å². The van der Waals surface area contributed by atoms with E-state index in [9.17, 15) is 13.2 Å². The molecule has 1 N–H and O–H groups in total. The van der Waals surface area contributed by atoms with Gasteiger partial charge in [-0.25, -0.2) is 8.42 Å². The molecule has 0 unspecified atom stereocenters. The summed E-state index contributed by atoms with van der Waals surface area (Å²) in [6.07, 6.45) is 1.20. The van der Waals surface area contributed by atoms with E-state index in [2.05, 4.69) is 5.32 Å². The van der Waals surface area contributed by atoms with E-state index in [1.807, 2.05) is 64.1 Å². The highest BCUT2D eigenvalue weighted by molar-refractivity contribution is 7.92. The third-order valence-electron chi connectivity index (χ3n) is 5.36. The Bertz CT molecular complexity index is 1220. The third-order valence-corrected chi connectivity index (χ3v) is 6.50. The second-order valence-electron chi connectivity index (χ2n) is 8.01. The molecule has 5 nitrogen and oxygen atoms in total. The number of rotatable bonds is 6. The maximum Gasteiger partial charge on any atom is 0.255 e. The van der Waals surface area contributed by atoms with Gasteiger partial charge in [-0.2, -0.15) is 0 Å². The van der Waals surface area contributed by atoms with Gasteiger partial charge in [0.1, 0.15) is 0 Å². The van der Waals surface area contributed by atoms with Gasteiger partial charge in [0.2, 0.25) is 10.0 Å². The van der Waals surface area contributed by atoms with E-state index in [0.717, 1.165) is 33.5 Å². The molecule has 0 aromatic heterocycles. The van der Waals surface area contributed by atoms with Crippen LogP contribution in [0.5, 0.6) is 0 Å². The highest BCUT2D eigenvalue weighted by atomic mass is 32.2. The Balaban J connectivity index is 1.80. The molecule has 0 heterocycles. The number of nitrogens with one attached hydrogen (secondary N) is 1. The quantitative estimate of drug-likeness (QED) is 0.582. The molecule has 0 radical (unpaired) electrons. The summed E-state index contributed by atoms with van der Waals surface area (Å²) in [7, 11) is -3.47. The fourth-order valence-electron chi connectivity index (χ4n) is 3.27. The zero-order valence-electron chi connectivity index (χ0n) is 18.6. The second kappa shape index (κ2) is 8.94. The molecule has 6 heteroatoms. The molecule has 0 bridgehead atoms. The normalized spacial score (nSPS) is 11.3. The number of sulfonamides is 1. The van der Waals surface area contributed by atoms with Gasteiger partial charge >= 0.3 is 0 Å². The third kappa shape index (κ3) is 5.52. The number of anilines is 2. The van der Waals surface area contributed by atoms with Gasteiger partial charge in [-0.15, -0.1) is 0 Å². The molecule has 0 fully saturated rings. The Morgan fingerprint density at radius 3 is 2.10 bits per heavy atom. The van der Waals surface area contributed by atoms with Gasteiger partial charge in [-0.3, -0.25) is 9.10 Å². The summed E-state index contributed by atoms with van der Waals surface area (Å²) in [5.74, 6) is -0.200. The van der Waals surface area contributed by atoms with Crippen LogP contribution in [-0.2, 0) is 16.6 Å². The molecule has 0 aliphatic heterocycles. The van der Waals surface area contributed by atoms with Crippen molar-refractivity contribution in [2.75, 3.05) is 15.9 Å². The summed E-state index contributed by atoms with van der Waals surface area (Å²) in [6, 6.07) is 18.5. The average Bonchev–Trinajstić information content (AvgIpc) is 2.70. The number of benzene rings is 3. The minimum Gasteiger partial charge on any atom is -0.322 e. The summed E-state index contributed by atoms with van der Waals surface area (Å²) in [5, 5.41) is 2.94. The molecule has 3 rings (SSSR count). The zero-order chi connectivity index (χ0) is 22.8. The topological polar surface area (TPSA) is 66.5 Å². The van der Waals surface area contributed by atoms with E-state index in [1.54, 1.807) is 24.3 Å². The summed E-state index contributed by atoms with van der Waals surface area (Å²) in [4.78, 5) is 12.6. The predicted molar refractivity (Wildman–Crippen MR) is 127 cm³/mol. The van der Waals surface area contributed by atoms with Crippen LogP contribution < -0.4 is 9.62 Å². The first kappa shape index (κ1) is 22.6. The zero-order valence-corrected chi connectivity index (χ0v) is 19.4. The van der Waals surface area contributed by atoms with Gasteiger partial charge < -0.3 is 5.32 Å². The molecule has 0 aliphatic carbocycles. The molecular formula is C25H28N2O3S. The summed E-state index contributed by atoms with van der Waals surface area (Å²) < 4.78 is 26.2. The summed E-state index contributed by atoms with van der Waals surface area (Å²) in [6.45, 7) is 8.08. The van der Waals surface area contributed by atoms with E-state index in [4.69, 9.17) is 0 Å². The second-order valence-corrected chi connectivity index (χ2v) is 9.91.